The van der Waals surface area contributed by atoms with Gasteiger partial charge in [-0.05, 0) is 18.4 Å². The molecule has 0 bridgehead atoms. The molecule has 3 aromatic heterocycles. The lowest BCUT2D eigenvalue weighted by Crippen LogP contribution is -1.89. The smallest absolute Gasteiger partial charge is 0.208 e. The van der Waals surface area contributed by atoms with Crippen molar-refractivity contribution in [3.05, 3.63) is 24.5 Å². The molecule has 3 heterocycles. The molecule has 1 N–H and O–H groups in total. The van der Waals surface area contributed by atoms with Crippen LogP contribution in [0, 0.1) is 0 Å². The molecule has 3 aromatic rings. The molecule has 0 amide bonds. The number of aromatic nitrogens is 5. The third-order valence-electron chi connectivity index (χ3n) is 2.67. The Hall–Kier alpha value is -1.82. The highest BCUT2D eigenvalue weighted by Gasteiger charge is 2.10. The van der Waals surface area contributed by atoms with Crippen molar-refractivity contribution in [1.29, 1.82) is 0 Å². The van der Waals surface area contributed by atoms with Crippen LogP contribution < -0.4 is 0 Å². The van der Waals surface area contributed by atoms with E-state index in [2.05, 4.69) is 20.2 Å². The second-order valence-corrected chi connectivity index (χ2v) is 4.47. The van der Waals surface area contributed by atoms with E-state index in [-0.39, 0.29) is 0 Å². The molecule has 0 aliphatic heterocycles. The molecule has 0 saturated heterocycles. The molecule has 0 fully saturated rings. The fraction of sp³-hybridized carbons (Fsp3) is 0.182. The van der Waals surface area contributed by atoms with Crippen LogP contribution in [-0.2, 0) is 7.05 Å². The average molecular weight is 245 g/mol. The normalized spacial score (nSPS) is 11.2. The molecule has 0 aromatic carbocycles. The number of hydrogen-bond donors (Lipinski definition) is 1. The third kappa shape index (κ3) is 1.61. The number of nitrogens with zero attached hydrogens (tertiary/aromatic N) is 4. The van der Waals surface area contributed by atoms with Gasteiger partial charge in [0, 0.05) is 30.4 Å². The topological polar surface area (TPSA) is 59.4 Å². The zero-order chi connectivity index (χ0) is 11.8. The standard InChI is InChI=1S/C11H11N5S/c1-16-6-4-8-7(3-5-12-10(8)16)9-13-11(17-2)15-14-9/h3-6H,1-2H3,(H,13,14,15). The Morgan fingerprint density at radius 3 is 3.00 bits per heavy atom. The number of fused-ring (bicyclic) bond motifs is 1. The monoisotopic (exact) mass is 245 g/mol. The van der Waals surface area contributed by atoms with Crippen LogP contribution in [0.5, 0.6) is 0 Å². The van der Waals surface area contributed by atoms with Gasteiger partial charge in [0.15, 0.2) is 5.82 Å². The number of aryl methyl sites for hydroxylation is 1. The van der Waals surface area contributed by atoms with Gasteiger partial charge < -0.3 is 4.57 Å². The van der Waals surface area contributed by atoms with Gasteiger partial charge in [-0.25, -0.2) is 9.97 Å². The number of nitrogens with one attached hydrogen (secondary N) is 1. The first-order valence-electron chi connectivity index (χ1n) is 5.16. The Morgan fingerprint density at radius 1 is 1.35 bits per heavy atom. The minimum Gasteiger partial charge on any atom is -0.336 e. The SMILES string of the molecule is CSc1n[nH]c(-c2ccnc3c2ccn3C)n1. The first-order valence-corrected chi connectivity index (χ1v) is 6.39. The molecule has 17 heavy (non-hydrogen) atoms. The van der Waals surface area contributed by atoms with Crippen molar-refractivity contribution in [2.75, 3.05) is 6.26 Å². The number of pyridine rings is 1. The predicted molar refractivity (Wildman–Crippen MR) is 67.9 cm³/mol. The maximum atomic E-state index is 4.42. The molecule has 6 heteroatoms. The lowest BCUT2D eigenvalue weighted by atomic mass is 10.2. The van der Waals surface area contributed by atoms with Crippen molar-refractivity contribution < 1.29 is 0 Å². The number of thioether (sulfide) groups is 1. The van der Waals surface area contributed by atoms with E-state index in [1.165, 1.54) is 11.8 Å². The second kappa shape index (κ2) is 3.89. The second-order valence-electron chi connectivity index (χ2n) is 3.69. The summed E-state index contributed by atoms with van der Waals surface area (Å²) in [5, 5.41) is 8.91. The Kier molecular flexibility index (Phi) is 2.36. The lowest BCUT2D eigenvalue weighted by molar-refractivity contribution is 0.948. The van der Waals surface area contributed by atoms with Gasteiger partial charge >= 0.3 is 0 Å². The highest BCUT2D eigenvalue weighted by molar-refractivity contribution is 7.98. The highest BCUT2D eigenvalue weighted by atomic mass is 32.2. The lowest BCUT2D eigenvalue weighted by Gasteiger charge is -1.99. The summed E-state index contributed by atoms with van der Waals surface area (Å²) in [5.41, 5.74) is 1.98. The number of H-pyrrole nitrogens is 1. The molecule has 86 valence electrons. The fourth-order valence-electron chi connectivity index (χ4n) is 1.83. The zero-order valence-electron chi connectivity index (χ0n) is 9.51. The first kappa shape index (κ1) is 10.3. The van der Waals surface area contributed by atoms with Crippen molar-refractivity contribution in [1.82, 2.24) is 24.7 Å². The van der Waals surface area contributed by atoms with E-state index in [1.807, 2.05) is 36.2 Å². The van der Waals surface area contributed by atoms with Crippen molar-refractivity contribution in [2.24, 2.45) is 7.05 Å². The molecule has 5 nitrogen and oxygen atoms in total. The fourth-order valence-corrected chi connectivity index (χ4v) is 2.15. The average Bonchev–Trinajstić information content (AvgIpc) is 2.96. The van der Waals surface area contributed by atoms with Crippen LogP contribution in [0.25, 0.3) is 22.4 Å². The third-order valence-corrected chi connectivity index (χ3v) is 3.22. The summed E-state index contributed by atoms with van der Waals surface area (Å²) < 4.78 is 1.99. The summed E-state index contributed by atoms with van der Waals surface area (Å²) in [5.74, 6) is 0.785. The molecule has 0 atom stereocenters. The molecular weight excluding hydrogens is 234 g/mol. The van der Waals surface area contributed by atoms with Gasteiger partial charge in [-0.3, -0.25) is 5.10 Å². The van der Waals surface area contributed by atoms with Gasteiger partial charge in [0.05, 0.1) is 0 Å². The Morgan fingerprint density at radius 2 is 2.24 bits per heavy atom. The summed E-state index contributed by atoms with van der Waals surface area (Å²) in [6, 6.07) is 3.99. The highest BCUT2D eigenvalue weighted by Crippen LogP contribution is 2.25. The van der Waals surface area contributed by atoms with E-state index in [1.54, 1.807) is 6.20 Å². The number of aromatic amines is 1. The van der Waals surface area contributed by atoms with Crippen molar-refractivity contribution in [3.63, 3.8) is 0 Å². The van der Waals surface area contributed by atoms with Crippen molar-refractivity contribution in [2.45, 2.75) is 5.16 Å². The molecule has 0 aliphatic rings. The van der Waals surface area contributed by atoms with Crippen LogP contribution in [-0.4, -0.2) is 31.0 Å². The number of rotatable bonds is 2. The van der Waals surface area contributed by atoms with Gasteiger partial charge in [0.2, 0.25) is 5.16 Å². The van der Waals surface area contributed by atoms with Crippen LogP contribution in [0.1, 0.15) is 0 Å². The predicted octanol–water partition coefficient (Wildman–Crippen LogP) is 2.08. The Bertz CT molecular complexity index is 669. The van der Waals surface area contributed by atoms with Gasteiger partial charge in [0.25, 0.3) is 0 Å². The van der Waals surface area contributed by atoms with Gasteiger partial charge in [-0.1, -0.05) is 11.8 Å². The van der Waals surface area contributed by atoms with Crippen LogP contribution in [0.15, 0.2) is 29.7 Å². The van der Waals surface area contributed by atoms with Gasteiger partial charge in [-0.15, -0.1) is 5.10 Å². The summed E-state index contributed by atoms with van der Waals surface area (Å²) in [6.07, 6.45) is 5.74. The van der Waals surface area contributed by atoms with Crippen LogP contribution in [0.3, 0.4) is 0 Å². The van der Waals surface area contributed by atoms with E-state index >= 15 is 0 Å². The van der Waals surface area contributed by atoms with E-state index < -0.39 is 0 Å². The Labute approximate surface area is 102 Å². The summed E-state index contributed by atoms with van der Waals surface area (Å²) in [4.78, 5) is 8.77. The van der Waals surface area contributed by atoms with Crippen molar-refractivity contribution in [3.8, 4) is 11.4 Å². The van der Waals surface area contributed by atoms with Crippen LogP contribution in [0.2, 0.25) is 0 Å². The number of hydrogen-bond acceptors (Lipinski definition) is 4. The van der Waals surface area contributed by atoms with E-state index in [0.717, 1.165) is 27.6 Å². The minimum absolute atomic E-state index is 0.751. The maximum absolute atomic E-state index is 4.42. The quantitative estimate of drug-likeness (QED) is 0.702. The van der Waals surface area contributed by atoms with E-state index in [9.17, 15) is 0 Å². The molecule has 0 spiro atoms. The molecule has 3 rings (SSSR count). The maximum Gasteiger partial charge on any atom is 0.208 e. The summed E-state index contributed by atoms with van der Waals surface area (Å²) in [6.45, 7) is 0. The molecule has 0 saturated carbocycles. The van der Waals surface area contributed by atoms with Gasteiger partial charge in [-0.2, -0.15) is 0 Å². The van der Waals surface area contributed by atoms with Gasteiger partial charge in [0.1, 0.15) is 5.65 Å². The van der Waals surface area contributed by atoms with Crippen molar-refractivity contribution >= 4 is 22.8 Å². The van der Waals surface area contributed by atoms with E-state index in [0.29, 0.717) is 0 Å². The molecule has 0 unspecified atom stereocenters. The van der Waals surface area contributed by atoms with Crippen LogP contribution in [0.4, 0.5) is 0 Å². The molecular formula is C11H11N5S. The van der Waals surface area contributed by atoms with Crippen LogP contribution >= 0.6 is 11.8 Å². The minimum atomic E-state index is 0.751. The first-order chi connectivity index (χ1) is 8.29. The Balaban J connectivity index is 2.23. The molecule has 0 radical (unpaired) electrons. The summed E-state index contributed by atoms with van der Waals surface area (Å²) in [7, 11) is 1.98. The molecule has 0 aliphatic carbocycles. The summed E-state index contributed by atoms with van der Waals surface area (Å²) >= 11 is 1.52. The largest absolute Gasteiger partial charge is 0.336 e. The van der Waals surface area contributed by atoms with E-state index in [4.69, 9.17) is 0 Å². The zero-order valence-corrected chi connectivity index (χ0v) is 10.3.